The summed E-state index contributed by atoms with van der Waals surface area (Å²) in [6, 6.07) is 4.57. The van der Waals surface area contributed by atoms with Crippen molar-refractivity contribution in [3.05, 3.63) is 28.5 Å². The monoisotopic (exact) mass is 312 g/mol. The lowest BCUT2D eigenvalue weighted by molar-refractivity contribution is 0.213. The standard InChI is InChI=1S/C16H22ClFN2O/c1-19-11-3-4-12(19)9-20(8-7-11)10-13-14(17)5-6-15(21-2)16(13)18/h5-6,11-12H,3-4,7-10H2,1-2H3/t11-,12+/m0/s1. The zero-order chi connectivity index (χ0) is 15.0. The van der Waals surface area contributed by atoms with E-state index in [1.54, 1.807) is 12.1 Å². The molecule has 2 atom stereocenters. The molecule has 2 bridgehead atoms. The molecule has 0 saturated carbocycles. The molecule has 2 saturated heterocycles. The van der Waals surface area contributed by atoms with Crippen LogP contribution in [0.1, 0.15) is 24.8 Å². The van der Waals surface area contributed by atoms with Crippen molar-refractivity contribution in [3.8, 4) is 5.75 Å². The van der Waals surface area contributed by atoms with Crippen molar-refractivity contribution in [1.82, 2.24) is 9.80 Å². The highest BCUT2D eigenvalue weighted by molar-refractivity contribution is 6.31. The summed E-state index contributed by atoms with van der Waals surface area (Å²) in [4.78, 5) is 4.81. The molecule has 2 aliphatic rings. The number of hydrogen-bond acceptors (Lipinski definition) is 3. The van der Waals surface area contributed by atoms with Crippen molar-refractivity contribution in [1.29, 1.82) is 0 Å². The quantitative estimate of drug-likeness (QED) is 0.852. The van der Waals surface area contributed by atoms with Crippen LogP contribution in [0, 0.1) is 5.82 Å². The third-order valence-electron chi connectivity index (χ3n) is 4.98. The molecule has 2 heterocycles. The van der Waals surface area contributed by atoms with Crippen LogP contribution < -0.4 is 4.74 Å². The second kappa shape index (κ2) is 6.11. The summed E-state index contributed by atoms with van der Waals surface area (Å²) in [6.07, 6.45) is 3.69. The zero-order valence-corrected chi connectivity index (χ0v) is 13.4. The summed E-state index contributed by atoms with van der Waals surface area (Å²) in [5.41, 5.74) is 0.552. The molecule has 3 nitrogen and oxygen atoms in total. The number of fused-ring (bicyclic) bond motifs is 2. The maximum Gasteiger partial charge on any atom is 0.171 e. The second-order valence-corrected chi connectivity index (χ2v) is 6.52. The Hall–Kier alpha value is -0.840. The molecule has 3 rings (SSSR count). The Labute approximate surface area is 130 Å². The molecule has 0 spiro atoms. The molecule has 0 aliphatic carbocycles. The average Bonchev–Trinajstić information content (AvgIpc) is 2.71. The van der Waals surface area contributed by atoms with E-state index in [2.05, 4.69) is 16.8 Å². The van der Waals surface area contributed by atoms with Crippen LogP contribution in [0.15, 0.2) is 12.1 Å². The summed E-state index contributed by atoms with van der Waals surface area (Å²) in [5.74, 6) is -0.0596. The van der Waals surface area contributed by atoms with Crippen molar-refractivity contribution >= 4 is 11.6 Å². The van der Waals surface area contributed by atoms with Crippen LogP contribution in [0.4, 0.5) is 4.39 Å². The van der Waals surface area contributed by atoms with Gasteiger partial charge in [-0.1, -0.05) is 11.6 Å². The molecule has 5 heteroatoms. The molecule has 1 aromatic rings. The van der Waals surface area contributed by atoms with Crippen molar-refractivity contribution in [2.24, 2.45) is 0 Å². The summed E-state index contributed by atoms with van der Waals surface area (Å²) in [7, 11) is 3.70. The number of likely N-dealkylation sites (N-methyl/N-ethyl adjacent to an activating group) is 1. The maximum absolute atomic E-state index is 14.4. The third kappa shape index (κ3) is 2.89. The summed E-state index contributed by atoms with van der Waals surface area (Å²) < 4.78 is 19.5. The van der Waals surface area contributed by atoms with Gasteiger partial charge in [0.2, 0.25) is 0 Å². The van der Waals surface area contributed by atoms with Gasteiger partial charge in [-0.2, -0.15) is 0 Å². The van der Waals surface area contributed by atoms with Crippen LogP contribution in [-0.2, 0) is 6.54 Å². The molecule has 2 aliphatic heterocycles. The van der Waals surface area contributed by atoms with Crippen LogP contribution >= 0.6 is 11.6 Å². The molecule has 0 radical (unpaired) electrons. The second-order valence-electron chi connectivity index (χ2n) is 6.12. The smallest absolute Gasteiger partial charge is 0.171 e. The Morgan fingerprint density at radius 1 is 1.29 bits per heavy atom. The van der Waals surface area contributed by atoms with Gasteiger partial charge < -0.3 is 4.74 Å². The fourth-order valence-electron chi connectivity index (χ4n) is 3.63. The highest BCUT2D eigenvalue weighted by Gasteiger charge is 2.34. The molecule has 0 N–H and O–H groups in total. The Balaban J connectivity index is 1.78. The first-order valence-corrected chi connectivity index (χ1v) is 7.93. The Kier molecular flexibility index (Phi) is 4.38. The predicted molar refractivity (Wildman–Crippen MR) is 82.4 cm³/mol. The minimum absolute atomic E-state index is 0.267. The lowest BCUT2D eigenvalue weighted by Crippen LogP contribution is -2.36. The Bertz CT molecular complexity index is 525. The summed E-state index contributed by atoms with van der Waals surface area (Å²) >= 11 is 6.19. The molecule has 2 fully saturated rings. The van der Waals surface area contributed by atoms with Gasteiger partial charge in [-0.15, -0.1) is 0 Å². The van der Waals surface area contributed by atoms with E-state index in [0.29, 0.717) is 29.2 Å². The van der Waals surface area contributed by atoms with Gasteiger partial charge in [0, 0.05) is 42.3 Å². The number of hydrogen-bond donors (Lipinski definition) is 0. The van der Waals surface area contributed by atoms with Gasteiger partial charge in [0.05, 0.1) is 7.11 Å². The van der Waals surface area contributed by atoms with Crippen molar-refractivity contribution in [3.63, 3.8) is 0 Å². The van der Waals surface area contributed by atoms with Crippen molar-refractivity contribution < 1.29 is 9.13 Å². The Morgan fingerprint density at radius 2 is 2.05 bits per heavy atom. The van der Waals surface area contributed by atoms with Crippen LogP contribution in [0.5, 0.6) is 5.75 Å². The van der Waals surface area contributed by atoms with E-state index in [1.165, 1.54) is 20.0 Å². The molecule has 21 heavy (non-hydrogen) atoms. The van der Waals surface area contributed by atoms with Crippen molar-refractivity contribution in [2.45, 2.75) is 37.9 Å². The number of ether oxygens (including phenoxy) is 1. The molecule has 0 unspecified atom stereocenters. The fourth-order valence-corrected chi connectivity index (χ4v) is 3.83. The number of likely N-dealkylation sites (tertiary alicyclic amines) is 1. The fraction of sp³-hybridized carbons (Fsp3) is 0.625. The minimum Gasteiger partial charge on any atom is -0.494 e. The third-order valence-corrected chi connectivity index (χ3v) is 5.34. The highest BCUT2D eigenvalue weighted by atomic mass is 35.5. The minimum atomic E-state index is -0.326. The van der Waals surface area contributed by atoms with Crippen LogP contribution in [-0.4, -0.2) is 49.1 Å². The van der Waals surface area contributed by atoms with Gasteiger partial charge in [-0.3, -0.25) is 9.80 Å². The van der Waals surface area contributed by atoms with E-state index in [0.717, 1.165) is 19.5 Å². The predicted octanol–water partition coefficient (Wildman–Crippen LogP) is 3.16. The van der Waals surface area contributed by atoms with Crippen LogP contribution in [0.3, 0.4) is 0 Å². The average molecular weight is 313 g/mol. The van der Waals surface area contributed by atoms with Crippen LogP contribution in [0.25, 0.3) is 0 Å². The van der Waals surface area contributed by atoms with Crippen LogP contribution in [0.2, 0.25) is 5.02 Å². The van der Waals surface area contributed by atoms with Gasteiger partial charge in [0.25, 0.3) is 0 Å². The maximum atomic E-state index is 14.4. The first kappa shape index (κ1) is 15.1. The van der Waals surface area contributed by atoms with Gasteiger partial charge in [-0.05, 0) is 38.4 Å². The number of methoxy groups -OCH3 is 1. The summed E-state index contributed by atoms with van der Waals surface area (Å²) in [6.45, 7) is 2.54. The van der Waals surface area contributed by atoms with E-state index < -0.39 is 0 Å². The summed E-state index contributed by atoms with van der Waals surface area (Å²) in [5, 5.41) is 0.482. The number of benzene rings is 1. The molecule has 0 aromatic heterocycles. The largest absolute Gasteiger partial charge is 0.494 e. The molecule has 116 valence electrons. The van der Waals surface area contributed by atoms with Gasteiger partial charge >= 0.3 is 0 Å². The lowest BCUT2D eigenvalue weighted by atomic mass is 10.1. The molecular weight excluding hydrogens is 291 g/mol. The van der Waals surface area contributed by atoms with E-state index in [-0.39, 0.29) is 11.6 Å². The number of halogens is 2. The molecular formula is C16H22ClFN2O. The first-order chi connectivity index (χ1) is 10.1. The Morgan fingerprint density at radius 3 is 2.81 bits per heavy atom. The van der Waals surface area contributed by atoms with E-state index in [1.807, 2.05) is 0 Å². The van der Waals surface area contributed by atoms with Crippen molar-refractivity contribution in [2.75, 3.05) is 27.2 Å². The SMILES string of the molecule is COc1ccc(Cl)c(CN2CC[C@@H]3CC[C@H](C2)N3C)c1F. The normalized spacial score (nSPS) is 26.9. The highest BCUT2D eigenvalue weighted by Crippen LogP contribution is 2.32. The number of nitrogens with zero attached hydrogens (tertiary/aromatic N) is 2. The van der Waals surface area contributed by atoms with E-state index in [9.17, 15) is 4.39 Å². The lowest BCUT2D eigenvalue weighted by Gasteiger charge is -2.26. The first-order valence-electron chi connectivity index (χ1n) is 7.55. The molecule has 1 aromatic carbocycles. The topological polar surface area (TPSA) is 15.7 Å². The van der Waals surface area contributed by atoms with Gasteiger partial charge in [0.1, 0.15) is 0 Å². The van der Waals surface area contributed by atoms with Gasteiger partial charge in [-0.25, -0.2) is 4.39 Å². The molecule has 0 amide bonds. The van der Waals surface area contributed by atoms with Gasteiger partial charge in [0.15, 0.2) is 11.6 Å². The van der Waals surface area contributed by atoms with E-state index in [4.69, 9.17) is 16.3 Å². The number of rotatable bonds is 3. The van der Waals surface area contributed by atoms with E-state index >= 15 is 0 Å². The zero-order valence-electron chi connectivity index (χ0n) is 12.6.